The van der Waals surface area contributed by atoms with Gasteiger partial charge >= 0.3 is 0 Å². The molecule has 94 valence electrons. The normalized spacial score (nSPS) is 10.6. The molecule has 0 unspecified atom stereocenters. The molecule has 0 aliphatic carbocycles. The largest absolute Gasteiger partial charge is 0.264 e. The van der Waals surface area contributed by atoms with Crippen LogP contribution in [0.25, 0.3) is 22.5 Å². The highest BCUT2D eigenvalue weighted by atomic mass is 19.1. The van der Waals surface area contributed by atoms with E-state index in [2.05, 4.69) is 5.10 Å². The number of aryl methyl sites for hydroxylation is 1. The Morgan fingerprint density at radius 1 is 0.842 bits per heavy atom. The van der Waals surface area contributed by atoms with E-state index >= 15 is 0 Å². The summed E-state index contributed by atoms with van der Waals surface area (Å²) >= 11 is 0. The Kier molecular flexibility index (Phi) is 2.88. The maximum Gasteiger partial charge on any atom is 0.177 e. The Bertz CT molecular complexity index is 688. The van der Waals surface area contributed by atoms with Crippen molar-refractivity contribution in [3.8, 4) is 22.5 Å². The van der Waals surface area contributed by atoms with Crippen LogP contribution < -0.4 is 0 Å². The first kappa shape index (κ1) is 11.7. The molecular formula is C16H13FN2. The van der Waals surface area contributed by atoms with Crippen LogP contribution in [0.15, 0.2) is 60.7 Å². The summed E-state index contributed by atoms with van der Waals surface area (Å²) in [5, 5.41) is 4.30. The second-order valence-electron chi connectivity index (χ2n) is 4.37. The quantitative estimate of drug-likeness (QED) is 0.676. The molecule has 3 heteroatoms. The Balaban J connectivity index is 2.17. The second kappa shape index (κ2) is 4.69. The van der Waals surface area contributed by atoms with Crippen LogP contribution >= 0.6 is 0 Å². The molecule has 0 spiro atoms. The molecule has 2 nitrogen and oxygen atoms in total. The smallest absolute Gasteiger partial charge is 0.177 e. The summed E-state index contributed by atoms with van der Waals surface area (Å²) in [6.07, 6.45) is 0. The van der Waals surface area contributed by atoms with E-state index < -0.39 is 0 Å². The molecule has 2 aromatic carbocycles. The molecule has 0 radical (unpaired) electrons. The van der Waals surface area contributed by atoms with Gasteiger partial charge in [-0.2, -0.15) is 5.10 Å². The standard InChI is InChI=1S/C16H13FN2/c1-19-16(13-10-6-3-7-11-13)14(17)15(18-19)12-8-4-2-5-9-12/h2-11H,1H3. The minimum atomic E-state index is -0.278. The van der Waals surface area contributed by atoms with Gasteiger partial charge in [-0.05, 0) is 0 Å². The average Bonchev–Trinajstić information content (AvgIpc) is 2.76. The first-order valence-corrected chi connectivity index (χ1v) is 6.10. The number of hydrogen-bond acceptors (Lipinski definition) is 1. The third-order valence-corrected chi connectivity index (χ3v) is 3.08. The Morgan fingerprint density at radius 3 is 1.95 bits per heavy atom. The number of aromatic nitrogens is 2. The first-order valence-electron chi connectivity index (χ1n) is 6.10. The fourth-order valence-electron chi connectivity index (χ4n) is 2.19. The minimum absolute atomic E-state index is 0.278. The predicted molar refractivity (Wildman–Crippen MR) is 74.0 cm³/mol. The maximum absolute atomic E-state index is 14.6. The molecule has 1 heterocycles. The van der Waals surface area contributed by atoms with Crippen LogP contribution in [-0.4, -0.2) is 9.78 Å². The van der Waals surface area contributed by atoms with Gasteiger partial charge in [0.05, 0.1) is 0 Å². The Hall–Kier alpha value is -2.42. The fraction of sp³-hybridized carbons (Fsp3) is 0.0625. The zero-order valence-corrected chi connectivity index (χ0v) is 10.5. The van der Waals surface area contributed by atoms with Crippen molar-refractivity contribution in [2.75, 3.05) is 0 Å². The summed E-state index contributed by atoms with van der Waals surface area (Å²) in [5.41, 5.74) is 2.52. The third kappa shape index (κ3) is 2.03. The lowest BCUT2D eigenvalue weighted by Gasteiger charge is -2.01. The van der Waals surface area contributed by atoms with E-state index in [1.165, 1.54) is 0 Å². The van der Waals surface area contributed by atoms with Crippen molar-refractivity contribution in [1.29, 1.82) is 0 Å². The van der Waals surface area contributed by atoms with Gasteiger partial charge < -0.3 is 0 Å². The number of benzene rings is 2. The zero-order chi connectivity index (χ0) is 13.2. The zero-order valence-electron chi connectivity index (χ0n) is 10.5. The highest BCUT2D eigenvalue weighted by molar-refractivity contribution is 5.69. The molecule has 0 saturated carbocycles. The predicted octanol–water partition coefficient (Wildman–Crippen LogP) is 3.89. The topological polar surface area (TPSA) is 17.8 Å². The van der Waals surface area contributed by atoms with E-state index in [0.717, 1.165) is 11.1 Å². The van der Waals surface area contributed by atoms with Crippen LogP contribution in [-0.2, 0) is 7.05 Å². The molecule has 0 N–H and O–H groups in total. The fourth-order valence-corrected chi connectivity index (χ4v) is 2.19. The lowest BCUT2D eigenvalue weighted by atomic mass is 10.1. The number of hydrogen-bond donors (Lipinski definition) is 0. The van der Waals surface area contributed by atoms with E-state index in [1.807, 2.05) is 60.7 Å². The number of nitrogens with zero attached hydrogens (tertiary/aromatic N) is 2. The van der Waals surface area contributed by atoms with E-state index in [0.29, 0.717) is 11.4 Å². The van der Waals surface area contributed by atoms with Crippen LogP contribution in [0.3, 0.4) is 0 Å². The monoisotopic (exact) mass is 252 g/mol. The third-order valence-electron chi connectivity index (χ3n) is 3.08. The van der Waals surface area contributed by atoms with E-state index in [1.54, 1.807) is 11.7 Å². The van der Waals surface area contributed by atoms with Crippen LogP contribution in [0.4, 0.5) is 4.39 Å². The van der Waals surface area contributed by atoms with Crippen LogP contribution in [0.5, 0.6) is 0 Å². The van der Waals surface area contributed by atoms with Crippen molar-refractivity contribution < 1.29 is 4.39 Å². The van der Waals surface area contributed by atoms with Gasteiger partial charge in [0, 0.05) is 18.2 Å². The van der Waals surface area contributed by atoms with Gasteiger partial charge in [0.2, 0.25) is 0 Å². The molecule has 3 aromatic rings. The number of rotatable bonds is 2. The molecule has 0 amide bonds. The molecule has 0 aliphatic rings. The van der Waals surface area contributed by atoms with E-state index in [4.69, 9.17) is 0 Å². The summed E-state index contributed by atoms with van der Waals surface area (Å²) in [7, 11) is 1.76. The molecule has 0 atom stereocenters. The van der Waals surface area contributed by atoms with Crippen molar-refractivity contribution in [1.82, 2.24) is 9.78 Å². The van der Waals surface area contributed by atoms with Crippen molar-refractivity contribution in [2.24, 2.45) is 7.05 Å². The molecule has 1 aromatic heterocycles. The molecule has 0 aliphatic heterocycles. The Morgan fingerprint density at radius 2 is 1.37 bits per heavy atom. The van der Waals surface area contributed by atoms with Gasteiger partial charge in [-0.3, -0.25) is 4.68 Å². The summed E-state index contributed by atoms with van der Waals surface area (Å²) in [6, 6.07) is 18.9. The highest BCUT2D eigenvalue weighted by Gasteiger charge is 2.18. The molecule has 3 rings (SSSR count). The van der Waals surface area contributed by atoms with Gasteiger partial charge in [0.15, 0.2) is 5.82 Å². The second-order valence-corrected chi connectivity index (χ2v) is 4.37. The first-order chi connectivity index (χ1) is 9.27. The highest BCUT2D eigenvalue weighted by Crippen LogP contribution is 2.29. The van der Waals surface area contributed by atoms with Crippen molar-refractivity contribution in [2.45, 2.75) is 0 Å². The lowest BCUT2D eigenvalue weighted by Crippen LogP contribution is -1.94. The van der Waals surface area contributed by atoms with Crippen LogP contribution in [0, 0.1) is 5.82 Å². The molecule has 0 bridgehead atoms. The van der Waals surface area contributed by atoms with Gasteiger partial charge in [-0.25, -0.2) is 4.39 Å². The summed E-state index contributed by atoms with van der Waals surface area (Å²) in [4.78, 5) is 0. The molecule has 0 fully saturated rings. The maximum atomic E-state index is 14.6. The van der Waals surface area contributed by atoms with Gasteiger partial charge in [-0.1, -0.05) is 60.7 Å². The van der Waals surface area contributed by atoms with Crippen molar-refractivity contribution in [3.05, 3.63) is 66.5 Å². The lowest BCUT2D eigenvalue weighted by molar-refractivity contribution is 0.632. The van der Waals surface area contributed by atoms with Gasteiger partial charge in [0.25, 0.3) is 0 Å². The van der Waals surface area contributed by atoms with Crippen molar-refractivity contribution in [3.63, 3.8) is 0 Å². The summed E-state index contributed by atoms with van der Waals surface area (Å²) in [6.45, 7) is 0. The Labute approximate surface area is 111 Å². The molecule has 19 heavy (non-hydrogen) atoms. The van der Waals surface area contributed by atoms with Crippen LogP contribution in [0.1, 0.15) is 0 Å². The van der Waals surface area contributed by atoms with Crippen LogP contribution in [0.2, 0.25) is 0 Å². The van der Waals surface area contributed by atoms with E-state index in [-0.39, 0.29) is 5.82 Å². The average molecular weight is 252 g/mol. The van der Waals surface area contributed by atoms with E-state index in [9.17, 15) is 4.39 Å². The molecule has 0 saturated heterocycles. The summed E-state index contributed by atoms with van der Waals surface area (Å²) in [5.74, 6) is -0.278. The summed E-state index contributed by atoms with van der Waals surface area (Å²) < 4.78 is 16.2. The number of halogens is 1. The minimum Gasteiger partial charge on any atom is -0.264 e. The SMILES string of the molecule is Cn1nc(-c2ccccc2)c(F)c1-c1ccccc1. The van der Waals surface area contributed by atoms with Gasteiger partial charge in [0.1, 0.15) is 11.4 Å². The van der Waals surface area contributed by atoms with Gasteiger partial charge in [-0.15, -0.1) is 0 Å². The van der Waals surface area contributed by atoms with Crippen molar-refractivity contribution >= 4 is 0 Å². The molecular weight excluding hydrogens is 239 g/mol.